The molecule has 1 atom stereocenters. The van der Waals surface area contributed by atoms with Gasteiger partial charge in [0.25, 0.3) is 0 Å². The molecular weight excluding hydrogens is 170 g/mol. The Bertz CT molecular complexity index is 176. The first-order valence-corrected chi connectivity index (χ1v) is 4.80. The molecule has 2 N–H and O–H groups in total. The van der Waals surface area contributed by atoms with Crippen LogP contribution in [-0.4, -0.2) is 46.3 Å². The first-order valence-electron chi connectivity index (χ1n) is 4.80. The van der Waals surface area contributed by atoms with Crippen LogP contribution < -0.4 is 0 Å². The molecule has 1 fully saturated rings. The van der Waals surface area contributed by atoms with E-state index >= 15 is 0 Å². The number of aliphatic hydroxyl groups is 1. The number of nitrogens with zero attached hydrogens (tertiary/aromatic N) is 1. The molecule has 0 aromatic rings. The summed E-state index contributed by atoms with van der Waals surface area (Å²) < 4.78 is 0. The Morgan fingerprint density at radius 3 is 2.46 bits per heavy atom. The van der Waals surface area contributed by atoms with Gasteiger partial charge in [0.2, 0.25) is 0 Å². The van der Waals surface area contributed by atoms with Crippen LogP contribution in [0, 0.1) is 0 Å². The molecule has 4 heteroatoms. The van der Waals surface area contributed by atoms with E-state index in [9.17, 15) is 9.90 Å². The number of carbonyl (C=O) groups is 1. The summed E-state index contributed by atoms with van der Waals surface area (Å²) in [5.41, 5.74) is 0. The molecule has 13 heavy (non-hydrogen) atoms. The maximum atomic E-state index is 10.8. The van der Waals surface area contributed by atoms with Crippen molar-refractivity contribution in [3.8, 4) is 0 Å². The van der Waals surface area contributed by atoms with Crippen LogP contribution in [0.25, 0.3) is 0 Å². The van der Waals surface area contributed by atoms with Gasteiger partial charge in [-0.3, -0.25) is 9.69 Å². The van der Waals surface area contributed by atoms with Crippen molar-refractivity contribution in [2.45, 2.75) is 38.3 Å². The number of piperidine rings is 1. The van der Waals surface area contributed by atoms with E-state index in [1.165, 1.54) is 0 Å². The lowest BCUT2D eigenvalue weighted by atomic mass is 10.0. The van der Waals surface area contributed by atoms with Gasteiger partial charge in [0, 0.05) is 13.1 Å². The number of likely N-dealkylation sites (tertiary alicyclic amines) is 1. The van der Waals surface area contributed by atoms with Crippen molar-refractivity contribution in [2.75, 3.05) is 13.1 Å². The van der Waals surface area contributed by atoms with E-state index in [4.69, 9.17) is 5.11 Å². The molecule has 0 amide bonds. The predicted molar refractivity (Wildman–Crippen MR) is 48.5 cm³/mol. The Kier molecular flexibility index (Phi) is 3.69. The van der Waals surface area contributed by atoms with Gasteiger partial charge in [-0.25, -0.2) is 0 Å². The van der Waals surface area contributed by atoms with Crippen LogP contribution in [0.3, 0.4) is 0 Å². The largest absolute Gasteiger partial charge is 0.480 e. The minimum absolute atomic E-state index is 0.234. The normalized spacial score (nSPS) is 22.9. The molecule has 0 radical (unpaired) electrons. The fourth-order valence-corrected chi connectivity index (χ4v) is 1.79. The maximum absolute atomic E-state index is 10.8. The molecule has 0 bridgehead atoms. The lowest BCUT2D eigenvalue weighted by Gasteiger charge is -2.33. The first kappa shape index (κ1) is 10.5. The fourth-order valence-electron chi connectivity index (χ4n) is 1.79. The van der Waals surface area contributed by atoms with Crippen molar-refractivity contribution in [1.29, 1.82) is 0 Å². The van der Waals surface area contributed by atoms with Gasteiger partial charge in [-0.05, 0) is 19.3 Å². The number of carboxylic acid groups (broad SMARTS) is 1. The van der Waals surface area contributed by atoms with Gasteiger partial charge in [0.1, 0.15) is 6.04 Å². The number of rotatable bonds is 3. The molecule has 1 rings (SSSR count). The molecule has 0 aromatic carbocycles. The monoisotopic (exact) mass is 187 g/mol. The maximum Gasteiger partial charge on any atom is 0.320 e. The van der Waals surface area contributed by atoms with Crippen LogP contribution in [-0.2, 0) is 4.79 Å². The average Bonchev–Trinajstić information content (AvgIpc) is 2.09. The van der Waals surface area contributed by atoms with Gasteiger partial charge < -0.3 is 10.2 Å². The highest BCUT2D eigenvalue weighted by molar-refractivity contribution is 5.73. The third-order valence-corrected chi connectivity index (χ3v) is 2.61. The molecule has 0 aliphatic carbocycles. The molecule has 4 nitrogen and oxygen atoms in total. The van der Waals surface area contributed by atoms with E-state index in [2.05, 4.69) is 0 Å². The van der Waals surface area contributed by atoms with E-state index in [-0.39, 0.29) is 12.1 Å². The minimum Gasteiger partial charge on any atom is -0.480 e. The zero-order valence-corrected chi connectivity index (χ0v) is 7.94. The summed E-state index contributed by atoms with van der Waals surface area (Å²) in [6.07, 6.45) is 1.79. The molecule has 1 unspecified atom stereocenters. The second kappa shape index (κ2) is 4.58. The molecule has 76 valence electrons. The zero-order chi connectivity index (χ0) is 9.84. The van der Waals surface area contributed by atoms with Crippen molar-refractivity contribution in [2.24, 2.45) is 0 Å². The van der Waals surface area contributed by atoms with Gasteiger partial charge in [-0.15, -0.1) is 0 Å². The van der Waals surface area contributed by atoms with E-state index < -0.39 is 5.97 Å². The van der Waals surface area contributed by atoms with Gasteiger partial charge in [-0.2, -0.15) is 0 Å². The van der Waals surface area contributed by atoms with Crippen molar-refractivity contribution in [3.05, 3.63) is 0 Å². The molecule has 0 aromatic heterocycles. The second-order valence-electron chi connectivity index (χ2n) is 3.53. The molecule has 1 saturated heterocycles. The predicted octanol–water partition coefficient (Wildman–Crippen LogP) is 0.306. The van der Waals surface area contributed by atoms with Crippen LogP contribution in [0.2, 0.25) is 0 Å². The van der Waals surface area contributed by atoms with Gasteiger partial charge in [0.15, 0.2) is 0 Å². The zero-order valence-electron chi connectivity index (χ0n) is 7.94. The number of hydrogen-bond donors (Lipinski definition) is 2. The number of hydrogen-bond acceptors (Lipinski definition) is 3. The number of aliphatic carboxylic acids is 1. The lowest BCUT2D eigenvalue weighted by Crippen LogP contribution is -2.46. The van der Waals surface area contributed by atoms with E-state index in [1.54, 1.807) is 0 Å². The van der Waals surface area contributed by atoms with Crippen LogP contribution in [0.15, 0.2) is 0 Å². The molecule has 1 aliphatic rings. The Morgan fingerprint density at radius 1 is 1.54 bits per heavy atom. The van der Waals surface area contributed by atoms with Crippen molar-refractivity contribution in [1.82, 2.24) is 4.90 Å². The lowest BCUT2D eigenvalue weighted by molar-refractivity contribution is -0.144. The molecule has 1 heterocycles. The summed E-state index contributed by atoms with van der Waals surface area (Å²) in [7, 11) is 0. The van der Waals surface area contributed by atoms with Crippen LogP contribution >= 0.6 is 0 Å². The number of carboxylic acids is 1. The quantitative estimate of drug-likeness (QED) is 0.667. The van der Waals surface area contributed by atoms with Crippen LogP contribution in [0.5, 0.6) is 0 Å². The Hall–Kier alpha value is -0.610. The Labute approximate surface area is 78.2 Å². The topological polar surface area (TPSA) is 60.8 Å². The smallest absolute Gasteiger partial charge is 0.320 e. The van der Waals surface area contributed by atoms with E-state index in [0.29, 0.717) is 32.4 Å². The highest BCUT2D eigenvalue weighted by Crippen LogP contribution is 2.14. The standard InChI is InChI=1S/C9H17NO3/c1-2-8(9(12)13)10-5-3-7(11)4-6-10/h7-8,11H,2-6H2,1H3,(H,12,13). The highest BCUT2D eigenvalue weighted by Gasteiger charge is 2.27. The first-order chi connectivity index (χ1) is 6.15. The van der Waals surface area contributed by atoms with Gasteiger partial charge in [-0.1, -0.05) is 6.92 Å². The summed E-state index contributed by atoms with van der Waals surface area (Å²) in [6, 6.07) is -0.368. The minimum atomic E-state index is -0.751. The molecule has 0 saturated carbocycles. The number of aliphatic hydroxyl groups excluding tert-OH is 1. The summed E-state index contributed by atoms with van der Waals surface area (Å²) in [4.78, 5) is 12.7. The van der Waals surface area contributed by atoms with Gasteiger partial charge in [0.05, 0.1) is 6.10 Å². The molecule has 1 aliphatic heterocycles. The Balaban J connectivity index is 2.46. The fraction of sp³-hybridized carbons (Fsp3) is 0.889. The highest BCUT2D eigenvalue weighted by atomic mass is 16.4. The van der Waals surface area contributed by atoms with Crippen LogP contribution in [0.4, 0.5) is 0 Å². The van der Waals surface area contributed by atoms with E-state index in [0.717, 1.165) is 0 Å². The Morgan fingerprint density at radius 2 is 2.08 bits per heavy atom. The van der Waals surface area contributed by atoms with E-state index in [1.807, 2.05) is 11.8 Å². The summed E-state index contributed by atoms with van der Waals surface area (Å²) in [5, 5.41) is 18.1. The van der Waals surface area contributed by atoms with Crippen molar-refractivity contribution in [3.63, 3.8) is 0 Å². The molecular formula is C9H17NO3. The SMILES string of the molecule is CCC(C(=O)O)N1CCC(O)CC1. The summed E-state index contributed by atoms with van der Waals surface area (Å²) in [5.74, 6) is -0.751. The van der Waals surface area contributed by atoms with Gasteiger partial charge >= 0.3 is 5.97 Å². The van der Waals surface area contributed by atoms with Crippen molar-refractivity contribution < 1.29 is 15.0 Å². The third kappa shape index (κ3) is 2.67. The summed E-state index contributed by atoms with van der Waals surface area (Å²) in [6.45, 7) is 3.28. The van der Waals surface area contributed by atoms with Crippen molar-refractivity contribution >= 4 is 5.97 Å². The second-order valence-corrected chi connectivity index (χ2v) is 3.53. The average molecular weight is 187 g/mol. The third-order valence-electron chi connectivity index (χ3n) is 2.61. The van der Waals surface area contributed by atoms with Crippen LogP contribution in [0.1, 0.15) is 26.2 Å². The molecule has 0 spiro atoms. The summed E-state index contributed by atoms with van der Waals surface area (Å²) >= 11 is 0.